The van der Waals surface area contributed by atoms with Crippen LogP contribution in [0.2, 0.25) is 0 Å². The van der Waals surface area contributed by atoms with E-state index >= 15 is 0 Å². The Labute approximate surface area is 123 Å². The lowest BCUT2D eigenvalue weighted by Gasteiger charge is -2.15. The van der Waals surface area contributed by atoms with E-state index in [1.54, 1.807) is 6.92 Å². The molecule has 2 heterocycles. The minimum atomic E-state index is -0.141. The van der Waals surface area contributed by atoms with E-state index in [1.807, 2.05) is 6.07 Å². The molecular formula is C15H18N4O2. The molecule has 0 fully saturated rings. The molecular weight excluding hydrogens is 268 g/mol. The van der Waals surface area contributed by atoms with Crippen LogP contribution in [0.25, 0.3) is 0 Å². The van der Waals surface area contributed by atoms with Crippen LogP contribution < -0.4 is 5.32 Å². The van der Waals surface area contributed by atoms with Crippen molar-refractivity contribution in [2.24, 2.45) is 0 Å². The van der Waals surface area contributed by atoms with E-state index in [9.17, 15) is 4.79 Å². The molecule has 6 heteroatoms. The minimum Gasteiger partial charge on any atom is -0.425 e. The summed E-state index contributed by atoms with van der Waals surface area (Å²) in [5, 5.41) is 10.3. The quantitative estimate of drug-likeness (QED) is 0.921. The molecule has 0 bridgehead atoms. The van der Waals surface area contributed by atoms with Crippen LogP contribution in [0.15, 0.2) is 16.5 Å². The standard InChI is InChI=1S/C15H18N4O2/c1-10-18-19-15(21-10)8-14(20)16-9-12-7-6-11-4-2-3-5-13(11)17-12/h6-7H,2-5,8-9H2,1H3,(H,16,20). The number of fused-ring (bicyclic) bond motifs is 1. The predicted molar refractivity (Wildman–Crippen MR) is 75.5 cm³/mol. The highest BCUT2D eigenvalue weighted by atomic mass is 16.4. The van der Waals surface area contributed by atoms with Gasteiger partial charge in [-0.1, -0.05) is 6.07 Å². The second kappa shape index (κ2) is 6.03. The average Bonchev–Trinajstić information content (AvgIpc) is 2.90. The summed E-state index contributed by atoms with van der Waals surface area (Å²) in [7, 11) is 0. The number of hydrogen-bond acceptors (Lipinski definition) is 5. The summed E-state index contributed by atoms with van der Waals surface area (Å²) < 4.78 is 5.18. The molecule has 0 atom stereocenters. The van der Waals surface area contributed by atoms with E-state index < -0.39 is 0 Å². The minimum absolute atomic E-state index is 0.103. The number of hydrogen-bond donors (Lipinski definition) is 1. The molecule has 0 unspecified atom stereocenters. The fourth-order valence-corrected chi connectivity index (χ4v) is 2.52. The molecule has 0 spiro atoms. The maximum absolute atomic E-state index is 11.8. The van der Waals surface area contributed by atoms with E-state index in [1.165, 1.54) is 24.1 Å². The van der Waals surface area contributed by atoms with Crippen molar-refractivity contribution < 1.29 is 9.21 Å². The van der Waals surface area contributed by atoms with E-state index in [0.717, 1.165) is 18.5 Å². The summed E-state index contributed by atoms with van der Waals surface area (Å²) in [6.07, 6.45) is 4.70. The molecule has 0 radical (unpaired) electrons. The number of pyridine rings is 1. The highest BCUT2D eigenvalue weighted by Crippen LogP contribution is 2.19. The third kappa shape index (κ3) is 3.45. The summed E-state index contributed by atoms with van der Waals surface area (Å²) in [5.74, 6) is 0.663. The lowest BCUT2D eigenvalue weighted by atomic mass is 9.96. The van der Waals surface area contributed by atoms with Crippen molar-refractivity contribution in [2.45, 2.75) is 45.6 Å². The van der Waals surface area contributed by atoms with E-state index in [2.05, 4.69) is 26.6 Å². The normalized spacial score (nSPS) is 13.8. The predicted octanol–water partition coefficient (Wildman–Crippen LogP) is 1.51. The monoisotopic (exact) mass is 286 g/mol. The van der Waals surface area contributed by atoms with Gasteiger partial charge in [-0.05, 0) is 37.3 Å². The number of aryl methyl sites for hydroxylation is 3. The van der Waals surface area contributed by atoms with Crippen molar-refractivity contribution in [3.05, 3.63) is 40.9 Å². The Balaban J connectivity index is 1.56. The Morgan fingerprint density at radius 2 is 2.14 bits per heavy atom. The highest BCUT2D eigenvalue weighted by molar-refractivity contribution is 5.77. The third-order valence-electron chi connectivity index (χ3n) is 3.58. The molecule has 3 rings (SSSR count). The van der Waals surface area contributed by atoms with Crippen LogP contribution in [0, 0.1) is 6.92 Å². The summed E-state index contributed by atoms with van der Waals surface area (Å²) in [4.78, 5) is 16.4. The number of amides is 1. The van der Waals surface area contributed by atoms with Gasteiger partial charge in [0.2, 0.25) is 17.7 Å². The zero-order chi connectivity index (χ0) is 14.7. The van der Waals surface area contributed by atoms with Crippen molar-refractivity contribution in [2.75, 3.05) is 0 Å². The van der Waals surface area contributed by atoms with Gasteiger partial charge in [0.1, 0.15) is 6.42 Å². The summed E-state index contributed by atoms with van der Waals surface area (Å²) in [6.45, 7) is 2.13. The second-order valence-electron chi connectivity index (χ2n) is 5.28. The summed E-state index contributed by atoms with van der Waals surface area (Å²) >= 11 is 0. The number of nitrogens with zero attached hydrogens (tertiary/aromatic N) is 3. The van der Waals surface area contributed by atoms with Gasteiger partial charge in [-0.25, -0.2) is 0 Å². The van der Waals surface area contributed by atoms with Gasteiger partial charge in [-0.3, -0.25) is 9.78 Å². The van der Waals surface area contributed by atoms with Crippen LogP contribution in [0.4, 0.5) is 0 Å². The molecule has 1 amide bonds. The molecule has 0 saturated heterocycles. The average molecular weight is 286 g/mol. The molecule has 0 saturated carbocycles. The zero-order valence-electron chi connectivity index (χ0n) is 12.1. The molecule has 110 valence electrons. The molecule has 0 aliphatic heterocycles. The number of carbonyl (C=O) groups excluding carboxylic acids is 1. The molecule has 1 N–H and O–H groups in total. The third-order valence-corrected chi connectivity index (χ3v) is 3.58. The fourth-order valence-electron chi connectivity index (χ4n) is 2.52. The van der Waals surface area contributed by atoms with E-state index in [-0.39, 0.29) is 12.3 Å². The Hall–Kier alpha value is -2.24. The maximum atomic E-state index is 11.8. The van der Waals surface area contributed by atoms with Crippen LogP contribution in [-0.2, 0) is 30.6 Å². The first-order valence-electron chi connectivity index (χ1n) is 7.24. The molecule has 2 aromatic heterocycles. The Morgan fingerprint density at radius 1 is 1.29 bits per heavy atom. The molecule has 21 heavy (non-hydrogen) atoms. The van der Waals surface area contributed by atoms with Gasteiger partial charge < -0.3 is 9.73 Å². The Morgan fingerprint density at radius 3 is 2.95 bits per heavy atom. The topological polar surface area (TPSA) is 80.9 Å². The number of aromatic nitrogens is 3. The second-order valence-corrected chi connectivity index (χ2v) is 5.28. The van der Waals surface area contributed by atoms with Crippen molar-refractivity contribution in [1.29, 1.82) is 0 Å². The molecule has 6 nitrogen and oxygen atoms in total. The number of rotatable bonds is 4. The van der Waals surface area contributed by atoms with Gasteiger partial charge in [0.15, 0.2) is 0 Å². The van der Waals surface area contributed by atoms with Gasteiger partial charge in [0.25, 0.3) is 0 Å². The van der Waals surface area contributed by atoms with Gasteiger partial charge in [0, 0.05) is 12.6 Å². The Bertz CT molecular complexity index is 651. The van der Waals surface area contributed by atoms with Gasteiger partial charge in [0.05, 0.1) is 12.2 Å². The largest absolute Gasteiger partial charge is 0.425 e. The van der Waals surface area contributed by atoms with Crippen LogP contribution in [0.1, 0.15) is 41.6 Å². The summed E-state index contributed by atoms with van der Waals surface area (Å²) in [5.41, 5.74) is 3.42. The van der Waals surface area contributed by atoms with Gasteiger partial charge in [-0.15, -0.1) is 10.2 Å². The first-order chi connectivity index (χ1) is 10.2. The molecule has 1 aliphatic carbocycles. The maximum Gasteiger partial charge on any atom is 0.229 e. The van der Waals surface area contributed by atoms with E-state index in [4.69, 9.17) is 4.42 Å². The highest BCUT2D eigenvalue weighted by Gasteiger charge is 2.12. The van der Waals surface area contributed by atoms with Crippen molar-refractivity contribution >= 4 is 5.91 Å². The molecule has 1 aliphatic rings. The summed E-state index contributed by atoms with van der Waals surface area (Å²) in [6, 6.07) is 4.12. The first kappa shape index (κ1) is 13.7. The van der Waals surface area contributed by atoms with Gasteiger partial charge >= 0.3 is 0 Å². The fraction of sp³-hybridized carbons (Fsp3) is 0.467. The van der Waals surface area contributed by atoms with Crippen LogP contribution in [0.3, 0.4) is 0 Å². The molecule has 2 aromatic rings. The zero-order valence-corrected chi connectivity index (χ0v) is 12.1. The van der Waals surface area contributed by atoms with E-state index in [0.29, 0.717) is 18.3 Å². The Kier molecular flexibility index (Phi) is 3.94. The lowest BCUT2D eigenvalue weighted by molar-refractivity contribution is -0.120. The number of carbonyl (C=O) groups is 1. The van der Waals surface area contributed by atoms with Crippen molar-refractivity contribution in [3.8, 4) is 0 Å². The smallest absolute Gasteiger partial charge is 0.229 e. The van der Waals surface area contributed by atoms with Crippen molar-refractivity contribution in [3.63, 3.8) is 0 Å². The van der Waals surface area contributed by atoms with Crippen LogP contribution >= 0.6 is 0 Å². The number of nitrogens with one attached hydrogen (secondary N) is 1. The van der Waals surface area contributed by atoms with Crippen molar-refractivity contribution in [1.82, 2.24) is 20.5 Å². The van der Waals surface area contributed by atoms with Crippen LogP contribution in [0.5, 0.6) is 0 Å². The SMILES string of the molecule is Cc1nnc(CC(=O)NCc2ccc3c(n2)CCCC3)o1. The first-order valence-corrected chi connectivity index (χ1v) is 7.24. The van der Waals surface area contributed by atoms with Crippen LogP contribution in [-0.4, -0.2) is 21.1 Å². The lowest BCUT2D eigenvalue weighted by Crippen LogP contribution is -2.25. The molecule has 0 aromatic carbocycles. The van der Waals surface area contributed by atoms with Gasteiger partial charge in [-0.2, -0.15) is 0 Å².